The van der Waals surface area contributed by atoms with E-state index in [2.05, 4.69) is 11.0 Å². The minimum Gasteiger partial charge on any atom is -0.370 e. The van der Waals surface area contributed by atoms with Gasteiger partial charge in [-0.25, -0.2) is 8.42 Å². The molecule has 0 N–H and O–H groups in total. The first-order chi connectivity index (χ1) is 16.8. The van der Waals surface area contributed by atoms with Crippen molar-refractivity contribution in [3.63, 3.8) is 0 Å². The molecule has 3 heterocycles. The Labute approximate surface area is 216 Å². The van der Waals surface area contributed by atoms with E-state index in [4.69, 9.17) is 16.3 Å². The quantitative estimate of drug-likeness (QED) is 0.432. The summed E-state index contributed by atoms with van der Waals surface area (Å²) in [4.78, 5) is 20.0. The van der Waals surface area contributed by atoms with E-state index in [1.807, 2.05) is 16.2 Å². The van der Waals surface area contributed by atoms with Crippen molar-refractivity contribution in [1.29, 1.82) is 0 Å². The molecule has 1 aromatic heterocycles. The summed E-state index contributed by atoms with van der Waals surface area (Å²) in [6, 6.07) is 7.34. The lowest BCUT2D eigenvalue weighted by Crippen LogP contribution is -2.39. The van der Waals surface area contributed by atoms with Gasteiger partial charge in [0.1, 0.15) is 11.5 Å². The van der Waals surface area contributed by atoms with Gasteiger partial charge in [-0.1, -0.05) is 23.7 Å². The second-order valence-corrected chi connectivity index (χ2v) is 13.1. The van der Waals surface area contributed by atoms with Crippen LogP contribution in [0, 0.1) is 6.92 Å². The zero-order valence-electron chi connectivity index (χ0n) is 20.0. The molecule has 35 heavy (non-hydrogen) atoms. The Morgan fingerprint density at radius 1 is 1.26 bits per heavy atom. The number of benzene rings is 1. The Kier molecular flexibility index (Phi) is 7.53. The van der Waals surface area contributed by atoms with Crippen LogP contribution in [0.25, 0.3) is 0 Å². The van der Waals surface area contributed by atoms with Crippen molar-refractivity contribution in [2.75, 3.05) is 39.4 Å². The summed E-state index contributed by atoms with van der Waals surface area (Å²) >= 11 is 8.14. The van der Waals surface area contributed by atoms with E-state index >= 15 is 0 Å². The third-order valence-electron chi connectivity index (χ3n) is 6.96. The molecular weight excluding hydrogens is 506 g/mol. The predicted octanol–water partition coefficient (Wildman–Crippen LogP) is 3.67. The average molecular weight is 538 g/mol. The van der Waals surface area contributed by atoms with Crippen LogP contribution in [-0.4, -0.2) is 73.9 Å². The van der Waals surface area contributed by atoms with Gasteiger partial charge in [0.05, 0.1) is 11.6 Å². The van der Waals surface area contributed by atoms with Crippen molar-refractivity contribution in [3.8, 4) is 0 Å². The summed E-state index contributed by atoms with van der Waals surface area (Å²) in [6.45, 7) is 6.80. The van der Waals surface area contributed by atoms with E-state index in [0.29, 0.717) is 18.7 Å². The van der Waals surface area contributed by atoms with Gasteiger partial charge in [0.2, 0.25) is 15.9 Å². The third-order valence-corrected chi connectivity index (χ3v) is 10.8. The molecule has 1 aromatic carbocycles. The normalized spacial score (nSPS) is 18.5. The van der Waals surface area contributed by atoms with E-state index < -0.39 is 10.0 Å². The number of ether oxygens (including phenoxy) is 1. The number of aryl methyl sites for hydroxylation is 1. The van der Waals surface area contributed by atoms with Crippen LogP contribution in [0.1, 0.15) is 40.1 Å². The number of thiophene rings is 1. The number of hydrogen-bond donors (Lipinski definition) is 0. The molecule has 1 saturated heterocycles. The number of carbonyl (C=O) groups excluding carboxylic acids is 1. The van der Waals surface area contributed by atoms with Crippen LogP contribution in [0.3, 0.4) is 0 Å². The number of rotatable bonds is 10. The number of nitrogens with zero attached hydrogens (tertiary/aromatic N) is 3. The van der Waals surface area contributed by atoms with Gasteiger partial charge in [0.15, 0.2) is 0 Å². The van der Waals surface area contributed by atoms with E-state index in [1.54, 1.807) is 25.1 Å². The largest absolute Gasteiger partial charge is 0.370 e. The van der Waals surface area contributed by atoms with Crippen molar-refractivity contribution in [1.82, 2.24) is 14.1 Å². The lowest BCUT2D eigenvalue weighted by Gasteiger charge is -2.29. The van der Waals surface area contributed by atoms with Crippen LogP contribution in [-0.2, 0) is 39.1 Å². The molecule has 0 bridgehead atoms. The lowest BCUT2D eigenvalue weighted by molar-refractivity contribution is -0.137. The average Bonchev–Trinajstić information content (AvgIpc) is 3.53. The van der Waals surface area contributed by atoms with Crippen molar-refractivity contribution >= 4 is 38.9 Å². The van der Waals surface area contributed by atoms with Crippen molar-refractivity contribution in [3.05, 3.63) is 50.2 Å². The summed E-state index contributed by atoms with van der Waals surface area (Å²) in [5.74, 6) is -0.0473. The second-order valence-electron chi connectivity index (χ2n) is 9.64. The Morgan fingerprint density at radius 2 is 2.06 bits per heavy atom. The first kappa shape index (κ1) is 25.2. The number of hydrogen-bond acceptors (Lipinski definition) is 6. The van der Waals surface area contributed by atoms with Gasteiger partial charge < -0.3 is 9.64 Å². The first-order valence-corrected chi connectivity index (χ1v) is 14.9. The molecule has 0 spiro atoms. The van der Waals surface area contributed by atoms with E-state index in [9.17, 15) is 13.2 Å². The van der Waals surface area contributed by atoms with Crippen molar-refractivity contribution in [2.45, 2.75) is 56.6 Å². The molecule has 10 heteroatoms. The molecule has 3 aliphatic rings. The fourth-order valence-electron chi connectivity index (χ4n) is 4.77. The van der Waals surface area contributed by atoms with Crippen molar-refractivity contribution in [2.24, 2.45) is 0 Å². The summed E-state index contributed by atoms with van der Waals surface area (Å²) < 4.78 is 33.9. The van der Waals surface area contributed by atoms with Crippen LogP contribution in [0.5, 0.6) is 0 Å². The Bertz CT molecular complexity index is 1170. The summed E-state index contributed by atoms with van der Waals surface area (Å²) in [5.41, 5.74) is 1.89. The Hall–Kier alpha value is -1.49. The number of carbonyl (C=O) groups is 1. The minimum atomic E-state index is -3.73. The standard InChI is InChI=1S/C25H32ClN3O4S2/c1-18-4-2-5-22(26)25(18)35(31,32)29(20-6-7-20)12-13-33-17-24(30)28-11-8-23-19(15-28)14-21(34-23)16-27-9-3-10-27/h2,4-5,14,20H,3,6-13,15-17H2,1H3. The SMILES string of the molecule is Cc1cccc(Cl)c1S(=O)(=O)N(CCOCC(=O)N1CCc2sc(CN3CCC3)cc2C1)C1CC1. The number of amides is 1. The maximum Gasteiger partial charge on any atom is 0.248 e. The van der Waals surface area contributed by atoms with Crippen LogP contribution in [0.2, 0.25) is 5.02 Å². The highest BCUT2D eigenvalue weighted by atomic mass is 35.5. The fourth-order valence-corrected chi connectivity index (χ4v) is 8.44. The summed E-state index contributed by atoms with van der Waals surface area (Å²) in [5, 5.41) is 0.234. The molecule has 190 valence electrons. The molecule has 1 aliphatic carbocycles. The van der Waals surface area contributed by atoms with E-state index in [0.717, 1.165) is 25.8 Å². The molecule has 5 rings (SSSR count). The topological polar surface area (TPSA) is 70.2 Å². The number of halogens is 1. The molecule has 7 nitrogen and oxygen atoms in total. The zero-order valence-corrected chi connectivity index (χ0v) is 22.4. The number of sulfonamides is 1. The van der Waals surface area contributed by atoms with Crippen LogP contribution in [0.4, 0.5) is 0 Å². The molecule has 0 unspecified atom stereocenters. The predicted molar refractivity (Wildman–Crippen MR) is 137 cm³/mol. The molecule has 2 aromatic rings. The molecule has 0 radical (unpaired) electrons. The highest BCUT2D eigenvalue weighted by Crippen LogP contribution is 2.35. The van der Waals surface area contributed by atoms with E-state index in [-0.39, 0.29) is 41.6 Å². The van der Waals surface area contributed by atoms with Crippen LogP contribution in [0.15, 0.2) is 29.2 Å². The van der Waals surface area contributed by atoms with Crippen LogP contribution >= 0.6 is 22.9 Å². The van der Waals surface area contributed by atoms with E-state index in [1.165, 1.54) is 39.1 Å². The monoisotopic (exact) mass is 537 g/mol. The van der Waals surface area contributed by atoms with Gasteiger partial charge in [0.25, 0.3) is 0 Å². The van der Waals surface area contributed by atoms with Gasteiger partial charge >= 0.3 is 0 Å². The minimum absolute atomic E-state index is 0.0282. The lowest BCUT2D eigenvalue weighted by atomic mass is 10.1. The molecule has 0 atom stereocenters. The van der Waals surface area contributed by atoms with Crippen LogP contribution < -0.4 is 0 Å². The fraction of sp³-hybridized carbons (Fsp3) is 0.560. The molecule has 1 saturated carbocycles. The Balaban J connectivity index is 1.13. The van der Waals surface area contributed by atoms with Gasteiger partial charge in [-0.2, -0.15) is 4.31 Å². The zero-order chi connectivity index (χ0) is 24.6. The Morgan fingerprint density at radius 3 is 2.74 bits per heavy atom. The maximum atomic E-state index is 13.3. The van der Waals surface area contributed by atoms with Crippen molar-refractivity contribution < 1.29 is 17.9 Å². The maximum absolute atomic E-state index is 13.3. The molecular formula is C25H32ClN3O4S2. The number of fused-ring (bicyclic) bond motifs is 1. The first-order valence-electron chi connectivity index (χ1n) is 12.3. The smallest absolute Gasteiger partial charge is 0.248 e. The molecule has 2 fully saturated rings. The third kappa shape index (κ3) is 5.60. The second kappa shape index (κ2) is 10.5. The summed E-state index contributed by atoms with van der Waals surface area (Å²) in [7, 11) is -3.73. The van der Waals surface area contributed by atoms with Gasteiger partial charge in [0, 0.05) is 42.0 Å². The highest BCUT2D eigenvalue weighted by molar-refractivity contribution is 7.89. The van der Waals surface area contributed by atoms with Gasteiger partial charge in [-0.05, 0) is 69.0 Å². The van der Waals surface area contributed by atoms with Gasteiger partial charge in [-0.15, -0.1) is 11.3 Å². The summed E-state index contributed by atoms with van der Waals surface area (Å²) in [6.07, 6.45) is 3.84. The highest BCUT2D eigenvalue weighted by Gasteiger charge is 2.39. The number of likely N-dealkylation sites (tertiary alicyclic amines) is 1. The van der Waals surface area contributed by atoms with Gasteiger partial charge in [-0.3, -0.25) is 9.69 Å². The molecule has 2 aliphatic heterocycles. The molecule has 1 amide bonds.